The van der Waals surface area contributed by atoms with Gasteiger partial charge in [0, 0.05) is 28.7 Å². The highest BCUT2D eigenvalue weighted by molar-refractivity contribution is 6.30. The summed E-state index contributed by atoms with van der Waals surface area (Å²) in [6.45, 7) is 2.37. The number of ether oxygens (including phenoxy) is 1. The third-order valence-electron chi connectivity index (χ3n) is 4.27. The molecule has 0 aliphatic rings. The first-order valence-electron chi connectivity index (χ1n) is 8.81. The summed E-state index contributed by atoms with van der Waals surface area (Å²) in [5, 5.41) is 3.59. The SMILES string of the molecule is Cc1cn2ccc(C(=O)Nc3ccc(OCc4ccc(Cl)cc4)cc3)cc2n1. The summed E-state index contributed by atoms with van der Waals surface area (Å²) in [7, 11) is 0. The number of rotatable bonds is 5. The van der Waals surface area contributed by atoms with E-state index in [0.717, 1.165) is 22.7 Å². The Kier molecular flexibility index (Phi) is 5.00. The fourth-order valence-corrected chi connectivity index (χ4v) is 2.96. The second kappa shape index (κ2) is 7.74. The van der Waals surface area contributed by atoms with E-state index in [-0.39, 0.29) is 5.91 Å². The van der Waals surface area contributed by atoms with Crippen LogP contribution in [0.15, 0.2) is 73.1 Å². The number of fused-ring (bicyclic) bond motifs is 1. The predicted octanol–water partition coefficient (Wildman–Crippen LogP) is 5.13. The zero-order valence-corrected chi connectivity index (χ0v) is 16.0. The van der Waals surface area contributed by atoms with Gasteiger partial charge >= 0.3 is 0 Å². The van der Waals surface area contributed by atoms with E-state index in [2.05, 4.69) is 10.3 Å². The van der Waals surface area contributed by atoms with Crippen LogP contribution in [0.25, 0.3) is 5.65 Å². The van der Waals surface area contributed by atoms with Crippen LogP contribution < -0.4 is 10.1 Å². The number of halogens is 1. The molecule has 2 aromatic heterocycles. The number of aryl methyl sites for hydroxylation is 1. The Labute approximate surface area is 167 Å². The Morgan fingerprint density at radius 1 is 1.11 bits per heavy atom. The van der Waals surface area contributed by atoms with Crippen LogP contribution >= 0.6 is 11.6 Å². The summed E-state index contributed by atoms with van der Waals surface area (Å²) in [5.41, 5.74) is 3.94. The van der Waals surface area contributed by atoms with Crippen LogP contribution in [0.2, 0.25) is 5.02 Å². The van der Waals surface area contributed by atoms with E-state index in [0.29, 0.717) is 22.9 Å². The molecule has 0 saturated carbocycles. The molecule has 4 aromatic rings. The summed E-state index contributed by atoms with van der Waals surface area (Å²) >= 11 is 5.88. The summed E-state index contributed by atoms with van der Waals surface area (Å²) in [6.07, 6.45) is 3.75. The van der Waals surface area contributed by atoms with Crippen LogP contribution in [0.4, 0.5) is 5.69 Å². The molecule has 140 valence electrons. The molecule has 5 nitrogen and oxygen atoms in total. The Bertz CT molecular complexity index is 1120. The second-order valence-corrected chi connectivity index (χ2v) is 6.89. The maximum absolute atomic E-state index is 12.5. The van der Waals surface area contributed by atoms with Crippen molar-refractivity contribution in [2.24, 2.45) is 0 Å². The highest BCUT2D eigenvalue weighted by atomic mass is 35.5. The highest BCUT2D eigenvalue weighted by Gasteiger charge is 2.08. The molecule has 0 radical (unpaired) electrons. The van der Waals surface area contributed by atoms with Gasteiger partial charge in [-0.25, -0.2) is 4.98 Å². The van der Waals surface area contributed by atoms with Crippen molar-refractivity contribution in [1.82, 2.24) is 9.38 Å². The van der Waals surface area contributed by atoms with Crippen LogP contribution in [0.1, 0.15) is 21.6 Å². The average Bonchev–Trinajstić information content (AvgIpc) is 3.08. The van der Waals surface area contributed by atoms with Crippen molar-refractivity contribution in [2.75, 3.05) is 5.32 Å². The normalized spacial score (nSPS) is 10.8. The molecule has 2 aromatic carbocycles. The van der Waals surface area contributed by atoms with E-state index >= 15 is 0 Å². The highest BCUT2D eigenvalue weighted by Crippen LogP contribution is 2.19. The third kappa shape index (κ3) is 4.15. The van der Waals surface area contributed by atoms with Gasteiger partial charge in [-0.15, -0.1) is 0 Å². The van der Waals surface area contributed by atoms with Gasteiger partial charge in [-0.2, -0.15) is 0 Å². The number of nitrogens with zero attached hydrogens (tertiary/aromatic N) is 2. The van der Waals surface area contributed by atoms with Crippen molar-refractivity contribution in [3.63, 3.8) is 0 Å². The Morgan fingerprint density at radius 2 is 1.86 bits per heavy atom. The molecule has 2 heterocycles. The van der Waals surface area contributed by atoms with Gasteiger partial charge in [-0.3, -0.25) is 4.79 Å². The van der Waals surface area contributed by atoms with E-state index in [9.17, 15) is 4.79 Å². The summed E-state index contributed by atoms with van der Waals surface area (Å²) < 4.78 is 7.65. The molecule has 0 spiro atoms. The third-order valence-corrected chi connectivity index (χ3v) is 4.53. The number of amides is 1. The Hall–Kier alpha value is -3.31. The maximum Gasteiger partial charge on any atom is 0.255 e. The van der Waals surface area contributed by atoms with Crippen LogP contribution in [0.3, 0.4) is 0 Å². The lowest BCUT2D eigenvalue weighted by molar-refractivity contribution is 0.102. The first-order valence-corrected chi connectivity index (χ1v) is 9.19. The van der Waals surface area contributed by atoms with E-state index < -0.39 is 0 Å². The molecule has 0 unspecified atom stereocenters. The molecule has 6 heteroatoms. The number of benzene rings is 2. The van der Waals surface area contributed by atoms with E-state index in [1.165, 1.54) is 0 Å². The van der Waals surface area contributed by atoms with Crippen molar-refractivity contribution in [2.45, 2.75) is 13.5 Å². The molecule has 1 N–H and O–H groups in total. The summed E-state index contributed by atoms with van der Waals surface area (Å²) in [4.78, 5) is 16.9. The molecule has 0 saturated heterocycles. The standard InChI is InChI=1S/C22H18ClN3O2/c1-15-13-26-11-10-17(12-21(26)24-15)22(27)25-19-6-8-20(9-7-19)28-14-16-2-4-18(23)5-3-16/h2-13H,14H2,1H3,(H,25,27). The van der Waals surface area contributed by atoms with Gasteiger partial charge in [-0.1, -0.05) is 23.7 Å². The quantitative estimate of drug-likeness (QED) is 0.513. The molecule has 28 heavy (non-hydrogen) atoms. The lowest BCUT2D eigenvalue weighted by atomic mass is 10.2. The van der Waals surface area contributed by atoms with E-state index in [1.807, 2.05) is 72.2 Å². The maximum atomic E-state index is 12.5. The Balaban J connectivity index is 1.38. The number of carbonyl (C=O) groups is 1. The largest absolute Gasteiger partial charge is 0.489 e. The van der Waals surface area contributed by atoms with Crippen LogP contribution in [0.5, 0.6) is 5.75 Å². The number of anilines is 1. The van der Waals surface area contributed by atoms with Crippen LogP contribution in [0, 0.1) is 6.92 Å². The number of pyridine rings is 1. The monoisotopic (exact) mass is 391 g/mol. The summed E-state index contributed by atoms with van der Waals surface area (Å²) in [5.74, 6) is 0.542. The minimum atomic E-state index is -0.182. The smallest absolute Gasteiger partial charge is 0.255 e. The molecular formula is C22H18ClN3O2. The molecule has 0 bridgehead atoms. The van der Waals surface area contributed by atoms with Gasteiger partial charge in [0.15, 0.2) is 0 Å². The second-order valence-electron chi connectivity index (χ2n) is 6.46. The number of hydrogen-bond donors (Lipinski definition) is 1. The fourth-order valence-electron chi connectivity index (χ4n) is 2.84. The Morgan fingerprint density at radius 3 is 2.61 bits per heavy atom. The van der Waals surface area contributed by atoms with Crippen molar-refractivity contribution in [1.29, 1.82) is 0 Å². The van der Waals surface area contributed by atoms with Crippen LogP contribution in [-0.4, -0.2) is 15.3 Å². The summed E-state index contributed by atoms with van der Waals surface area (Å²) in [6, 6.07) is 18.3. The first kappa shape index (κ1) is 18.1. The topological polar surface area (TPSA) is 55.6 Å². The molecule has 0 atom stereocenters. The molecule has 0 fully saturated rings. The van der Waals surface area contributed by atoms with Gasteiger partial charge in [-0.05, 0) is 61.0 Å². The number of carbonyl (C=O) groups excluding carboxylic acids is 1. The number of aromatic nitrogens is 2. The average molecular weight is 392 g/mol. The van der Waals surface area contributed by atoms with Crippen molar-refractivity contribution in [3.8, 4) is 5.75 Å². The van der Waals surface area contributed by atoms with E-state index in [4.69, 9.17) is 16.3 Å². The van der Waals surface area contributed by atoms with Crippen molar-refractivity contribution >= 4 is 28.8 Å². The zero-order valence-electron chi connectivity index (χ0n) is 15.2. The lowest BCUT2D eigenvalue weighted by Gasteiger charge is -2.09. The first-order chi connectivity index (χ1) is 13.6. The number of nitrogens with one attached hydrogen (secondary N) is 1. The van der Waals surface area contributed by atoms with E-state index in [1.54, 1.807) is 12.1 Å². The lowest BCUT2D eigenvalue weighted by Crippen LogP contribution is -2.12. The molecule has 1 amide bonds. The number of hydrogen-bond acceptors (Lipinski definition) is 3. The fraction of sp³-hybridized carbons (Fsp3) is 0.0909. The minimum absolute atomic E-state index is 0.182. The molecule has 4 rings (SSSR count). The number of imidazole rings is 1. The predicted molar refractivity (Wildman–Crippen MR) is 110 cm³/mol. The van der Waals surface area contributed by atoms with Gasteiger partial charge in [0.25, 0.3) is 5.91 Å². The molecular weight excluding hydrogens is 374 g/mol. The van der Waals surface area contributed by atoms with Gasteiger partial charge in [0.05, 0.1) is 5.69 Å². The van der Waals surface area contributed by atoms with Gasteiger partial charge in [0.2, 0.25) is 0 Å². The van der Waals surface area contributed by atoms with Crippen LogP contribution in [-0.2, 0) is 6.61 Å². The molecule has 0 aliphatic carbocycles. The van der Waals surface area contributed by atoms with Crippen molar-refractivity contribution in [3.05, 3.63) is 94.9 Å². The molecule has 0 aliphatic heterocycles. The minimum Gasteiger partial charge on any atom is -0.489 e. The van der Waals surface area contributed by atoms with Gasteiger partial charge in [0.1, 0.15) is 18.0 Å². The van der Waals surface area contributed by atoms with Gasteiger partial charge < -0.3 is 14.5 Å². The van der Waals surface area contributed by atoms with Crippen molar-refractivity contribution < 1.29 is 9.53 Å². The zero-order chi connectivity index (χ0) is 19.5.